The number of halogens is 2. The lowest BCUT2D eigenvalue weighted by Gasteiger charge is -2.23. The van der Waals surface area contributed by atoms with Crippen LogP contribution in [0.3, 0.4) is 0 Å². The van der Waals surface area contributed by atoms with Crippen molar-refractivity contribution in [2.75, 3.05) is 10.6 Å². The molecule has 0 saturated heterocycles. The molecule has 4 aromatic rings. The van der Waals surface area contributed by atoms with Gasteiger partial charge in [0.1, 0.15) is 11.9 Å². The number of nitriles is 1. The molecule has 0 bridgehead atoms. The van der Waals surface area contributed by atoms with Gasteiger partial charge in [0.05, 0.1) is 39.6 Å². The lowest BCUT2D eigenvalue weighted by molar-refractivity contribution is 0.626. The Kier molecular flexibility index (Phi) is 7.85. The molecular formula is C31H30ClFN6. The maximum Gasteiger partial charge on any atom is 0.123 e. The number of nitrogens with zero attached hydrogens (tertiary/aromatic N) is 2. The van der Waals surface area contributed by atoms with Crippen LogP contribution in [0.1, 0.15) is 55.0 Å². The number of fused-ring (bicyclic) bond motifs is 1. The fourth-order valence-corrected chi connectivity index (χ4v) is 4.86. The van der Waals surface area contributed by atoms with E-state index in [9.17, 15) is 9.65 Å². The highest BCUT2D eigenvalue weighted by Crippen LogP contribution is 2.37. The summed E-state index contributed by atoms with van der Waals surface area (Å²) >= 11 is 6.74. The van der Waals surface area contributed by atoms with Gasteiger partial charge in [0.15, 0.2) is 0 Å². The second-order valence-corrected chi connectivity index (χ2v) is 10.2. The van der Waals surface area contributed by atoms with Crippen LogP contribution in [0.4, 0.5) is 15.8 Å². The molecule has 8 heteroatoms. The van der Waals surface area contributed by atoms with Crippen molar-refractivity contribution in [2.24, 2.45) is 5.73 Å². The maximum atomic E-state index is 13.7. The molecule has 1 aromatic heterocycles. The Morgan fingerprint density at radius 2 is 1.87 bits per heavy atom. The zero-order valence-corrected chi connectivity index (χ0v) is 22.3. The van der Waals surface area contributed by atoms with Gasteiger partial charge < -0.3 is 21.7 Å². The molecule has 0 amide bonds. The van der Waals surface area contributed by atoms with Gasteiger partial charge in [0.25, 0.3) is 0 Å². The molecule has 0 aliphatic heterocycles. The third-order valence-corrected chi connectivity index (χ3v) is 7.17. The molecule has 6 nitrogen and oxygen atoms in total. The number of nitrogens with one attached hydrogen (secondary N) is 3. The molecule has 1 saturated carbocycles. The Morgan fingerprint density at radius 3 is 2.54 bits per heavy atom. The molecule has 2 atom stereocenters. The Hall–Kier alpha value is -4.28. The summed E-state index contributed by atoms with van der Waals surface area (Å²) < 4.78 is 13.7. The average Bonchev–Trinajstić information content (AvgIpc) is 3.79. The first kappa shape index (κ1) is 26.3. The number of aromatic nitrogens is 1. The normalized spacial score (nSPS) is 14.9. The van der Waals surface area contributed by atoms with Gasteiger partial charge in [0.2, 0.25) is 0 Å². The molecular weight excluding hydrogens is 511 g/mol. The summed E-state index contributed by atoms with van der Waals surface area (Å²) in [6.45, 7) is 2.10. The number of anilines is 2. The van der Waals surface area contributed by atoms with Crippen molar-refractivity contribution in [3.63, 3.8) is 0 Å². The van der Waals surface area contributed by atoms with Crippen LogP contribution in [-0.4, -0.2) is 11.0 Å². The highest BCUT2D eigenvalue weighted by Gasteiger charge is 2.22. The predicted octanol–water partition coefficient (Wildman–Crippen LogP) is 7.17. The van der Waals surface area contributed by atoms with E-state index >= 15 is 0 Å². The van der Waals surface area contributed by atoms with Crippen LogP contribution in [0, 0.1) is 17.1 Å². The van der Waals surface area contributed by atoms with Crippen molar-refractivity contribution in [3.8, 4) is 6.07 Å². The zero-order valence-electron chi connectivity index (χ0n) is 21.6. The third kappa shape index (κ3) is 6.08. The summed E-state index contributed by atoms with van der Waals surface area (Å²) in [5.74, 6) is -0.320. The van der Waals surface area contributed by atoms with Crippen LogP contribution in [-0.2, 0) is 0 Å². The molecule has 1 aliphatic carbocycles. The minimum Gasteiger partial charge on any atom is -0.399 e. The van der Waals surface area contributed by atoms with Gasteiger partial charge >= 0.3 is 0 Å². The zero-order chi connectivity index (χ0) is 27.4. The van der Waals surface area contributed by atoms with E-state index in [1.807, 2.05) is 30.5 Å². The largest absolute Gasteiger partial charge is 0.399 e. The molecule has 1 aliphatic rings. The topological polar surface area (TPSA) is 98.8 Å². The predicted molar refractivity (Wildman–Crippen MR) is 156 cm³/mol. The van der Waals surface area contributed by atoms with E-state index in [-0.39, 0.29) is 11.9 Å². The summed E-state index contributed by atoms with van der Waals surface area (Å²) in [6, 6.07) is 22.3. The molecule has 5 rings (SSSR count). The van der Waals surface area contributed by atoms with Gasteiger partial charge in [-0.1, -0.05) is 61.0 Å². The number of nitrogens with two attached hydrogens (primary N) is 1. The van der Waals surface area contributed by atoms with E-state index in [2.05, 4.69) is 46.1 Å². The van der Waals surface area contributed by atoms with Crippen LogP contribution in [0.25, 0.3) is 10.9 Å². The van der Waals surface area contributed by atoms with E-state index < -0.39 is 6.04 Å². The highest BCUT2D eigenvalue weighted by atomic mass is 35.5. The highest BCUT2D eigenvalue weighted by molar-refractivity contribution is 6.35. The van der Waals surface area contributed by atoms with E-state index in [1.165, 1.54) is 12.1 Å². The van der Waals surface area contributed by atoms with Gasteiger partial charge in [-0.05, 0) is 54.7 Å². The molecule has 2 unspecified atom stereocenters. The molecule has 5 N–H and O–H groups in total. The van der Waals surface area contributed by atoms with Crippen LogP contribution in [0.5, 0.6) is 0 Å². The number of hydrogen-bond donors (Lipinski definition) is 4. The van der Waals surface area contributed by atoms with E-state index in [1.54, 1.807) is 24.4 Å². The molecule has 39 heavy (non-hydrogen) atoms. The molecule has 0 spiro atoms. The monoisotopic (exact) mass is 540 g/mol. The van der Waals surface area contributed by atoms with Crippen molar-refractivity contribution in [1.29, 1.82) is 5.26 Å². The van der Waals surface area contributed by atoms with E-state index in [0.29, 0.717) is 39.2 Å². The first-order valence-electron chi connectivity index (χ1n) is 13.0. The second kappa shape index (κ2) is 11.6. The lowest BCUT2D eigenvalue weighted by atomic mass is 10.0. The molecule has 0 radical (unpaired) electrons. The quantitative estimate of drug-likeness (QED) is 0.170. The fraction of sp³-hybridized carbons (Fsp3) is 0.226. The molecule has 3 aromatic carbocycles. The Bertz CT molecular complexity index is 1530. The van der Waals surface area contributed by atoms with Gasteiger partial charge in [0, 0.05) is 29.5 Å². The summed E-state index contributed by atoms with van der Waals surface area (Å²) in [4.78, 5) is 4.49. The van der Waals surface area contributed by atoms with Gasteiger partial charge in [-0.2, -0.15) is 5.26 Å². The average molecular weight is 541 g/mol. The Labute approximate surface area is 232 Å². The summed E-state index contributed by atoms with van der Waals surface area (Å²) in [7, 11) is 0. The minimum atomic E-state index is -0.443. The number of benzene rings is 3. The molecule has 1 fully saturated rings. The Morgan fingerprint density at radius 1 is 1.13 bits per heavy atom. The third-order valence-electron chi connectivity index (χ3n) is 6.88. The van der Waals surface area contributed by atoms with Crippen molar-refractivity contribution in [2.45, 2.75) is 44.3 Å². The van der Waals surface area contributed by atoms with Crippen LogP contribution in [0.2, 0.25) is 5.02 Å². The van der Waals surface area contributed by atoms with Gasteiger partial charge in [-0.3, -0.25) is 4.98 Å². The minimum absolute atomic E-state index is 0.0154. The SMILES string of the molecule is CCC(Nc1c(C#N)cnc2c(Cl)cc(NC(/C(N)=C/NC3CC3)c3ccc(F)cc3)cc12)c1ccccc1. The van der Waals surface area contributed by atoms with E-state index in [4.69, 9.17) is 17.3 Å². The number of rotatable bonds is 10. The van der Waals surface area contributed by atoms with Crippen LogP contribution in [0.15, 0.2) is 84.8 Å². The Balaban J connectivity index is 1.56. The number of hydrogen-bond acceptors (Lipinski definition) is 6. The fourth-order valence-electron chi connectivity index (χ4n) is 4.59. The first-order valence-corrected chi connectivity index (χ1v) is 13.4. The maximum absolute atomic E-state index is 13.7. The van der Waals surface area contributed by atoms with Gasteiger partial charge in [-0.15, -0.1) is 0 Å². The van der Waals surface area contributed by atoms with Crippen molar-refractivity contribution in [1.82, 2.24) is 10.3 Å². The number of pyridine rings is 1. The standard InChI is InChI=1S/C31H30ClFN6/c1-2-28(19-6-4-3-5-7-19)39-29-21(16-34)17-37-31-25(29)14-24(15-26(31)32)38-30(20-8-10-22(33)11-9-20)27(35)18-36-23-12-13-23/h3-11,14-15,17-18,23,28,30,36,38H,2,12-13,35H2,1H3,(H,37,39)/b27-18-. The van der Waals surface area contributed by atoms with Crippen LogP contribution >= 0.6 is 11.6 Å². The summed E-state index contributed by atoms with van der Waals surface area (Å²) in [5, 5.41) is 21.5. The van der Waals surface area contributed by atoms with Crippen molar-refractivity contribution < 1.29 is 4.39 Å². The first-order chi connectivity index (χ1) is 19.0. The van der Waals surface area contributed by atoms with Crippen LogP contribution < -0.4 is 21.7 Å². The summed E-state index contributed by atoms with van der Waals surface area (Å²) in [5.41, 5.74) is 11.4. The molecule has 198 valence electrons. The molecule has 1 heterocycles. The summed E-state index contributed by atoms with van der Waals surface area (Å²) in [6.07, 6.45) is 6.41. The van der Waals surface area contributed by atoms with Crippen molar-refractivity contribution in [3.05, 3.63) is 112 Å². The van der Waals surface area contributed by atoms with E-state index in [0.717, 1.165) is 35.8 Å². The lowest BCUT2D eigenvalue weighted by Crippen LogP contribution is -2.22. The van der Waals surface area contributed by atoms with Crippen molar-refractivity contribution >= 4 is 33.9 Å². The smallest absolute Gasteiger partial charge is 0.123 e. The van der Waals surface area contributed by atoms with Gasteiger partial charge in [-0.25, -0.2) is 4.39 Å². The second-order valence-electron chi connectivity index (χ2n) is 9.74.